The number of aliphatic hydroxyl groups is 2. The van der Waals surface area contributed by atoms with Crippen LogP contribution in [-0.2, 0) is 0 Å². The molecule has 0 heterocycles. The van der Waals surface area contributed by atoms with Crippen molar-refractivity contribution in [2.45, 2.75) is 13.0 Å². The van der Waals surface area contributed by atoms with Gasteiger partial charge >= 0.3 is 0 Å². The zero-order valence-electron chi connectivity index (χ0n) is 8.60. The fraction of sp³-hybridized carbons (Fsp3) is 0.333. The molecule has 2 nitrogen and oxygen atoms in total. The lowest BCUT2D eigenvalue weighted by Crippen LogP contribution is -2.02. The lowest BCUT2D eigenvalue weighted by Gasteiger charge is -2.10. The molecule has 0 unspecified atom stereocenters. The van der Waals surface area contributed by atoms with Gasteiger partial charge in [-0.25, -0.2) is 4.39 Å². The Morgan fingerprint density at radius 3 is 2.53 bits per heavy atom. The number of hydrogen-bond acceptors (Lipinski definition) is 2. The van der Waals surface area contributed by atoms with Gasteiger partial charge in [0.05, 0.1) is 0 Å². The Morgan fingerprint density at radius 1 is 1.40 bits per heavy atom. The lowest BCUT2D eigenvalue weighted by atomic mass is 10.1. The lowest BCUT2D eigenvalue weighted by molar-refractivity contribution is 0.182. The molecular weight excluding hydrogens is 195 g/mol. The second-order valence-corrected chi connectivity index (χ2v) is 3.52. The summed E-state index contributed by atoms with van der Waals surface area (Å²) in [5.41, 5.74) is 0.511. The standard InChI is InChI=1S/C12H15FO2/c1-9(8-14)7-11(13)12(15)10-5-3-2-4-6-10/h2-7,9,12,14-15H,8H2,1H3/b11-7-/t9-,12+/m1/s1. The molecule has 0 aliphatic rings. The third kappa shape index (κ3) is 3.46. The van der Waals surface area contributed by atoms with E-state index >= 15 is 0 Å². The average Bonchev–Trinajstić information content (AvgIpc) is 2.29. The molecule has 0 radical (unpaired) electrons. The topological polar surface area (TPSA) is 40.5 Å². The van der Waals surface area contributed by atoms with Gasteiger partial charge in [0.15, 0.2) is 0 Å². The minimum absolute atomic E-state index is 0.130. The Morgan fingerprint density at radius 2 is 2.00 bits per heavy atom. The van der Waals surface area contributed by atoms with Crippen LogP contribution in [0.4, 0.5) is 4.39 Å². The number of halogens is 1. The summed E-state index contributed by atoms with van der Waals surface area (Å²) in [5.74, 6) is -0.911. The molecule has 0 aliphatic carbocycles. The van der Waals surface area contributed by atoms with Gasteiger partial charge in [-0.15, -0.1) is 0 Å². The van der Waals surface area contributed by atoms with E-state index in [1.54, 1.807) is 37.3 Å². The SMILES string of the molecule is C[C@H](/C=C(\F)[C@@H](O)c1ccccc1)CO. The first kappa shape index (κ1) is 11.9. The van der Waals surface area contributed by atoms with Crippen LogP contribution in [-0.4, -0.2) is 16.8 Å². The minimum atomic E-state index is -1.24. The van der Waals surface area contributed by atoms with E-state index in [1.807, 2.05) is 0 Å². The molecule has 0 fully saturated rings. The van der Waals surface area contributed by atoms with Crippen molar-refractivity contribution in [1.82, 2.24) is 0 Å². The first-order valence-corrected chi connectivity index (χ1v) is 4.86. The molecule has 0 aliphatic heterocycles. The summed E-state index contributed by atoms with van der Waals surface area (Å²) in [5, 5.41) is 18.4. The molecular formula is C12H15FO2. The van der Waals surface area contributed by atoms with E-state index in [-0.39, 0.29) is 12.5 Å². The van der Waals surface area contributed by atoms with Crippen molar-refractivity contribution in [3.63, 3.8) is 0 Å². The summed E-state index contributed by atoms with van der Waals surface area (Å²) in [6, 6.07) is 8.58. The van der Waals surface area contributed by atoms with Crippen LogP contribution < -0.4 is 0 Å². The highest BCUT2D eigenvalue weighted by atomic mass is 19.1. The van der Waals surface area contributed by atoms with Crippen molar-refractivity contribution in [3.8, 4) is 0 Å². The van der Waals surface area contributed by atoms with Crippen LogP contribution >= 0.6 is 0 Å². The van der Waals surface area contributed by atoms with Crippen molar-refractivity contribution in [3.05, 3.63) is 47.8 Å². The predicted octanol–water partition coefficient (Wildman–Crippen LogP) is 2.20. The van der Waals surface area contributed by atoms with Gasteiger partial charge in [0.2, 0.25) is 0 Å². The highest BCUT2D eigenvalue weighted by Gasteiger charge is 2.13. The minimum Gasteiger partial charge on any atom is -0.396 e. The molecule has 0 spiro atoms. The zero-order chi connectivity index (χ0) is 11.3. The van der Waals surface area contributed by atoms with E-state index in [0.717, 1.165) is 0 Å². The van der Waals surface area contributed by atoms with Gasteiger partial charge in [0.1, 0.15) is 11.9 Å². The Labute approximate surface area is 88.7 Å². The Kier molecular flexibility index (Phi) is 4.46. The highest BCUT2D eigenvalue weighted by molar-refractivity contribution is 5.23. The number of rotatable bonds is 4. The summed E-state index contributed by atoms with van der Waals surface area (Å²) < 4.78 is 13.4. The van der Waals surface area contributed by atoms with Gasteiger partial charge in [0, 0.05) is 12.5 Å². The molecule has 1 rings (SSSR count). The van der Waals surface area contributed by atoms with E-state index in [1.165, 1.54) is 6.08 Å². The van der Waals surface area contributed by atoms with Crippen molar-refractivity contribution in [2.24, 2.45) is 5.92 Å². The zero-order valence-corrected chi connectivity index (χ0v) is 8.60. The van der Waals surface area contributed by atoms with E-state index < -0.39 is 11.9 Å². The van der Waals surface area contributed by atoms with Crippen LogP contribution in [0.25, 0.3) is 0 Å². The van der Waals surface area contributed by atoms with Crippen LogP contribution in [0, 0.1) is 5.92 Å². The second-order valence-electron chi connectivity index (χ2n) is 3.52. The van der Waals surface area contributed by atoms with E-state index in [0.29, 0.717) is 5.56 Å². The number of benzene rings is 1. The van der Waals surface area contributed by atoms with E-state index in [2.05, 4.69) is 0 Å². The molecule has 0 amide bonds. The molecule has 2 atom stereocenters. The van der Waals surface area contributed by atoms with Gasteiger partial charge < -0.3 is 10.2 Å². The highest BCUT2D eigenvalue weighted by Crippen LogP contribution is 2.23. The molecule has 82 valence electrons. The quantitative estimate of drug-likeness (QED) is 0.799. The first-order valence-electron chi connectivity index (χ1n) is 4.86. The Balaban J connectivity index is 2.77. The molecule has 1 aromatic carbocycles. The van der Waals surface area contributed by atoms with Crippen molar-refractivity contribution in [1.29, 1.82) is 0 Å². The number of hydrogen-bond donors (Lipinski definition) is 2. The molecule has 15 heavy (non-hydrogen) atoms. The van der Waals surface area contributed by atoms with E-state index in [9.17, 15) is 9.50 Å². The van der Waals surface area contributed by atoms with Crippen LogP contribution in [0.2, 0.25) is 0 Å². The van der Waals surface area contributed by atoms with Gasteiger partial charge in [-0.1, -0.05) is 37.3 Å². The Hall–Kier alpha value is -1.19. The maximum Gasteiger partial charge on any atom is 0.130 e. The van der Waals surface area contributed by atoms with Crippen molar-refractivity contribution < 1.29 is 14.6 Å². The monoisotopic (exact) mass is 210 g/mol. The summed E-state index contributed by atoms with van der Waals surface area (Å²) in [6.45, 7) is 1.55. The average molecular weight is 210 g/mol. The molecule has 3 heteroatoms. The predicted molar refractivity (Wildman–Crippen MR) is 56.8 cm³/mol. The van der Waals surface area contributed by atoms with Crippen LogP contribution in [0.3, 0.4) is 0 Å². The summed E-state index contributed by atoms with van der Waals surface area (Å²) in [6.07, 6.45) is -0.00213. The molecule has 1 aromatic rings. The molecule has 0 bridgehead atoms. The third-order valence-electron chi connectivity index (χ3n) is 2.11. The van der Waals surface area contributed by atoms with Crippen LogP contribution in [0.15, 0.2) is 42.2 Å². The maximum atomic E-state index is 13.4. The van der Waals surface area contributed by atoms with Crippen LogP contribution in [0.1, 0.15) is 18.6 Å². The van der Waals surface area contributed by atoms with E-state index in [4.69, 9.17) is 5.11 Å². The summed E-state index contributed by atoms with van der Waals surface area (Å²) in [7, 11) is 0. The van der Waals surface area contributed by atoms with Gasteiger partial charge in [-0.05, 0) is 11.6 Å². The Bertz CT molecular complexity index is 322. The van der Waals surface area contributed by atoms with Crippen molar-refractivity contribution in [2.75, 3.05) is 6.61 Å². The summed E-state index contributed by atoms with van der Waals surface area (Å²) >= 11 is 0. The second kappa shape index (κ2) is 5.63. The normalized spacial score (nSPS) is 16.1. The molecule has 0 aromatic heterocycles. The maximum absolute atomic E-state index is 13.4. The molecule has 2 N–H and O–H groups in total. The van der Waals surface area contributed by atoms with Crippen LogP contribution in [0.5, 0.6) is 0 Å². The first-order chi connectivity index (χ1) is 7.15. The largest absolute Gasteiger partial charge is 0.396 e. The molecule has 0 saturated heterocycles. The van der Waals surface area contributed by atoms with Crippen molar-refractivity contribution >= 4 is 0 Å². The van der Waals surface area contributed by atoms with Gasteiger partial charge in [-0.3, -0.25) is 0 Å². The fourth-order valence-corrected chi connectivity index (χ4v) is 1.21. The number of aliphatic hydroxyl groups excluding tert-OH is 2. The third-order valence-corrected chi connectivity index (χ3v) is 2.11. The smallest absolute Gasteiger partial charge is 0.130 e. The van der Waals surface area contributed by atoms with Gasteiger partial charge in [0.25, 0.3) is 0 Å². The fourth-order valence-electron chi connectivity index (χ4n) is 1.21. The summed E-state index contributed by atoms with van der Waals surface area (Å²) in [4.78, 5) is 0. The molecule has 0 saturated carbocycles. The van der Waals surface area contributed by atoms with Gasteiger partial charge in [-0.2, -0.15) is 0 Å².